The third-order valence-electron chi connectivity index (χ3n) is 10.4. The van der Waals surface area contributed by atoms with Crippen molar-refractivity contribution in [2.45, 2.75) is 82.0 Å². The zero-order chi connectivity index (χ0) is 30.4. The average Bonchev–Trinajstić information content (AvgIpc) is 3.10. The van der Waals surface area contributed by atoms with Crippen LogP contribution in [0, 0.1) is 17.8 Å². The molecule has 2 aromatic rings. The number of rotatable bonds is 2. The van der Waals surface area contributed by atoms with E-state index in [9.17, 15) is 18.3 Å². The van der Waals surface area contributed by atoms with Gasteiger partial charge in [-0.25, -0.2) is 13.1 Å². The van der Waals surface area contributed by atoms with E-state index in [-0.39, 0.29) is 23.2 Å². The zero-order valence-corrected chi connectivity index (χ0v) is 26.7. The summed E-state index contributed by atoms with van der Waals surface area (Å²) in [6.45, 7) is 5.77. The molecule has 43 heavy (non-hydrogen) atoms. The summed E-state index contributed by atoms with van der Waals surface area (Å²) in [5, 5.41) is 11.2. The third-order valence-corrected chi connectivity index (χ3v) is 12.6. The molecule has 1 spiro atoms. The molecule has 4 aliphatic rings. The second kappa shape index (κ2) is 12.1. The number of aryl methyl sites for hydroxylation is 1. The van der Waals surface area contributed by atoms with E-state index < -0.39 is 27.3 Å². The highest BCUT2D eigenvalue weighted by Gasteiger charge is 2.44. The SMILES string of the molecule is CCCC1C(C)C/C=C/C(O)C2CCC2CN2C[C@@]3(CCCc4cc(Cl)ccc43)COc3ccc(cc32)C(=O)NS1(=O)=O. The van der Waals surface area contributed by atoms with Crippen LogP contribution in [-0.2, 0) is 21.9 Å². The van der Waals surface area contributed by atoms with Crippen LogP contribution in [0.3, 0.4) is 0 Å². The number of benzene rings is 2. The van der Waals surface area contributed by atoms with Gasteiger partial charge in [0.1, 0.15) is 5.75 Å². The van der Waals surface area contributed by atoms with E-state index in [1.165, 1.54) is 11.1 Å². The number of carbonyl (C=O) groups excluding carboxylic acids is 1. The Hall–Kier alpha value is -2.55. The molecule has 0 saturated heterocycles. The summed E-state index contributed by atoms with van der Waals surface area (Å²) in [5.41, 5.74) is 3.35. The van der Waals surface area contributed by atoms with Crippen molar-refractivity contribution >= 4 is 33.2 Å². The van der Waals surface area contributed by atoms with Crippen LogP contribution in [0.15, 0.2) is 48.6 Å². The van der Waals surface area contributed by atoms with Crippen LogP contribution in [0.2, 0.25) is 5.02 Å². The highest BCUT2D eigenvalue weighted by atomic mass is 35.5. The van der Waals surface area contributed by atoms with Crippen molar-refractivity contribution < 1.29 is 23.1 Å². The van der Waals surface area contributed by atoms with Crippen LogP contribution in [0.1, 0.15) is 80.3 Å². The number of nitrogens with zero attached hydrogens (tertiary/aromatic N) is 1. The zero-order valence-electron chi connectivity index (χ0n) is 25.1. The summed E-state index contributed by atoms with van der Waals surface area (Å²) in [7, 11) is -3.93. The lowest BCUT2D eigenvalue weighted by Crippen LogP contribution is -2.49. The Labute approximate surface area is 260 Å². The van der Waals surface area contributed by atoms with Crippen molar-refractivity contribution in [2.75, 3.05) is 24.6 Å². The maximum Gasteiger partial charge on any atom is 0.264 e. The molecule has 5 unspecified atom stereocenters. The molecule has 232 valence electrons. The molecule has 9 heteroatoms. The van der Waals surface area contributed by atoms with Crippen molar-refractivity contribution in [2.24, 2.45) is 17.8 Å². The van der Waals surface area contributed by atoms with Gasteiger partial charge in [0, 0.05) is 29.1 Å². The number of aliphatic hydroxyl groups excluding tert-OH is 1. The van der Waals surface area contributed by atoms with Crippen molar-refractivity contribution in [3.8, 4) is 5.75 Å². The molecule has 2 aromatic carbocycles. The third kappa shape index (κ3) is 5.95. The molecular weight excluding hydrogens is 584 g/mol. The van der Waals surface area contributed by atoms with Gasteiger partial charge in [0.05, 0.1) is 23.6 Å². The number of hydrogen-bond donors (Lipinski definition) is 2. The molecule has 2 N–H and O–H groups in total. The number of amides is 1. The smallest absolute Gasteiger partial charge is 0.264 e. The number of fused-ring (bicyclic) bond motifs is 4. The number of allylic oxidation sites excluding steroid dienone is 1. The lowest BCUT2D eigenvalue weighted by Gasteiger charge is -2.45. The number of carbonyl (C=O) groups is 1. The fourth-order valence-corrected chi connectivity index (χ4v) is 9.82. The van der Waals surface area contributed by atoms with Crippen molar-refractivity contribution in [1.82, 2.24) is 4.72 Å². The molecule has 1 fully saturated rings. The number of anilines is 1. The second-order valence-electron chi connectivity index (χ2n) is 13.2. The molecule has 7 nitrogen and oxygen atoms in total. The number of nitrogens with one attached hydrogen (secondary N) is 1. The Bertz CT molecular complexity index is 1510. The van der Waals surface area contributed by atoms with Gasteiger partial charge >= 0.3 is 0 Å². The van der Waals surface area contributed by atoms with Gasteiger partial charge in [0.15, 0.2) is 0 Å². The minimum atomic E-state index is -3.93. The molecule has 6 rings (SSSR count). The van der Waals surface area contributed by atoms with E-state index in [0.29, 0.717) is 43.7 Å². The molecule has 1 amide bonds. The van der Waals surface area contributed by atoms with E-state index in [2.05, 4.69) is 21.8 Å². The number of halogens is 1. The van der Waals surface area contributed by atoms with Crippen LogP contribution in [0.25, 0.3) is 0 Å². The van der Waals surface area contributed by atoms with Crippen LogP contribution in [0.4, 0.5) is 5.69 Å². The van der Waals surface area contributed by atoms with Crippen LogP contribution >= 0.6 is 11.6 Å². The van der Waals surface area contributed by atoms with E-state index in [4.69, 9.17) is 16.3 Å². The first kappa shape index (κ1) is 30.5. The van der Waals surface area contributed by atoms with Crippen LogP contribution in [-0.4, -0.2) is 50.5 Å². The molecule has 2 heterocycles. The molecule has 2 aliphatic carbocycles. The van der Waals surface area contributed by atoms with Crippen LogP contribution in [0.5, 0.6) is 5.75 Å². The fourth-order valence-electron chi connectivity index (χ4n) is 7.83. The van der Waals surface area contributed by atoms with E-state index in [1.54, 1.807) is 18.2 Å². The normalized spacial score (nSPS) is 32.8. The molecular formula is C34H43ClN2O5S. The van der Waals surface area contributed by atoms with Gasteiger partial charge in [-0.2, -0.15) is 0 Å². The van der Waals surface area contributed by atoms with E-state index in [1.807, 2.05) is 32.1 Å². The first-order chi connectivity index (χ1) is 20.6. The summed E-state index contributed by atoms with van der Waals surface area (Å²) >= 11 is 6.39. The van der Waals surface area contributed by atoms with Gasteiger partial charge in [-0.3, -0.25) is 4.79 Å². The van der Waals surface area contributed by atoms with Gasteiger partial charge < -0.3 is 14.7 Å². The predicted octanol–water partition coefficient (Wildman–Crippen LogP) is 6.02. The summed E-state index contributed by atoms with van der Waals surface area (Å²) in [4.78, 5) is 15.8. The highest BCUT2D eigenvalue weighted by Crippen LogP contribution is 2.46. The minimum absolute atomic E-state index is 0.127. The summed E-state index contributed by atoms with van der Waals surface area (Å²) in [6.07, 6.45) is 9.79. The number of aliphatic hydroxyl groups is 1. The largest absolute Gasteiger partial charge is 0.490 e. The topological polar surface area (TPSA) is 95.9 Å². The van der Waals surface area contributed by atoms with Crippen molar-refractivity contribution in [3.63, 3.8) is 0 Å². The summed E-state index contributed by atoms with van der Waals surface area (Å²) in [6, 6.07) is 11.4. The quantitative estimate of drug-likeness (QED) is 0.396. The first-order valence-corrected chi connectivity index (χ1v) is 17.7. The van der Waals surface area contributed by atoms with Gasteiger partial charge in [-0.1, -0.05) is 50.1 Å². The molecule has 6 atom stereocenters. The first-order valence-electron chi connectivity index (χ1n) is 15.8. The average molecular weight is 627 g/mol. The summed E-state index contributed by atoms with van der Waals surface area (Å²) < 4.78 is 36.0. The molecule has 0 aromatic heterocycles. The Balaban J connectivity index is 1.42. The van der Waals surface area contributed by atoms with E-state index in [0.717, 1.165) is 49.4 Å². The van der Waals surface area contributed by atoms with E-state index >= 15 is 0 Å². The maximum atomic E-state index is 13.5. The standard InChI is InChI=1S/C34H43ClN2O5S/c1-3-6-32-22(2)7-4-9-30(38)27-13-10-25(27)19-37-20-34(16-5-8-23-17-26(35)12-14-28(23)34)21-42-31-15-11-24(18-29(31)37)33(39)36-43(32,40)41/h4,9,11-12,14-15,17-18,22,25,27,30,32,38H,3,5-8,10,13,16,19-21H2,1-2H3,(H,36,39)/b9-4+/t22?,25?,27?,30?,32?,34-/m0/s1. The maximum absolute atomic E-state index is 13.5. The van der Waals surface area contributed by atoms with Gasteiger partial charge in [0.25, 0.3) is 5.91 Å². The lowest BCUT2D eigenvalue weighted by atomic mass is 9.68. The predicted molar refractivity (Wildman–Crippen MR) is 170 cm³/mol. The fraction of sp³-hybridized carbons (Fsp3) is 0.559. The Kier molecular flexibility index (Phi) is 8.57. The molecule has 2 aliphatic heterocycles. The molecule has 1 saturated carbocycles. The number of sulfonamides is 1. The second-order valence-corrected chi connectivity index (χ2v) is 15.6. The van der Waals surface area contributed by atoms with Gasteiger partial charge in [-0.05, 0) is 104 Å². The Morgan fingerprint density at radius 3 is 2.79 bits per heavy atom. The van der Waals surface area contributed by atoms with Crippen molar-refractivity contribution in [1.29, 1.82) is 0 Å². The lowest BCUT2D eigenvalue weighted by molar-refractivity contribution is 0.0455. The molecule has 2 bridgehead atoms. The monoisotopic (exact) mass is 626 g/mol. The van der Waals surface area contributed by atoms with Crippen molar-refractivity contribution in [3.05, 3.63) is 70.3 Å². The Morgan fingerprint density at radius 1 is 1.19 bits per heavy atom. The number of ether oxygens (including phenoxy) is 1. The Morgan fingerprint density at radius 2 is 2.02 bits per heavy atom. The minimum Gasteiger partial charge on any atom is -0.490 e. The van der Waals surface area contributed by atoms with Gasteiger partial charge in [0.2, 0.25) is 10.0 Å². The van der Waals surface area contributed by atoms with Crippen LogP contribution < -0.4 is 14.4 Å². The highest BCUT2D eigenvalue weighted by molar-refractivity contribution is 7.90. The number of hydrogen-bond acceptors (Lipinski definition) is 6. The molecule has 0 radical (unpaired) electrons. The summed E-state index contributed by atoms with van der Waals surface area (Å²) in [5.74, 6) is 0.271. The van der Waals surface area contributed by atoms with Gasteiger partial charge in [-0.15, -0.1) is 0 Å².